The monoisotopic (exact) mass is 492 g/mol. The first-order valence-corrected chi connectivity index (χ1v) is 11.5. The number of nitrogens with zero attached hydrogens (tertiary/aromatic N) is 2. The summed E-state index contributed by atoms with van der Waals surface area (Å²) in [7, 11) is 1.44. The quantitative estimate of drug-likeness (QED) is 0.393. The van der Waals surface area contributed by atoms with E-state index in [9.17, 15) is 14.4 Å². The molecule has 172 valence electrons. The lowest BCUT2D eigenvalue weighted by Crippen LogP contribution is -2.39. The van der Waals surface area contributed by atoms with Gasteiger partial charge >= 0.3 is 5.69 Å². The molecule has 2 aromatic carbocycles. The van der Waals surface area contributed by atoms with Crippen LogP contribution in [-0.2, 0) is 11.3 Å². The van der Waals surface area contributed by atoms with Crippen LogP contribution in [0.25, 0.3) is 16.5 Å². The number of hydrogen-bond donors (Lipinski definition) is 2. The molecular formula is C25H21ClN4O3S. The van der Waals surface area contributed by atoms with Crippen LogP contribution in [0.5, 0.6) is 0 Å². The van der Waals surface area contributed by atoms with Gasteiger partial charge in [0.1, 0.15) is 5.82 Å². The average Bonchev–Trinajstić information content (AvgIpc) is 3.30. The first-order valence-electron chi connectivity index (χ1n) is 10.3. The summed E-state index contributed by atoms with van der Waals surface area (Å²) in [5, 5.41) is 0.665. The molecule has 4 aromatic rings. The second-order valence-corrected chi connectivity index (χ2v) is 9.06. The first kappa shape index (κ1) is 23.3. The van der Waals surface area contributed by atoms with Gasteiger partial charge in [-0.2, -0.15) is 0 Å². The minimum Gasteiger partial charge on any atom is -0.383 e. The Morgan fingerprint density at radius 2 is 1.79 bits per heavy atom. The highest BCUT2D eigenvalue weighted by molar-refractivity contribution is 7.16. The summed E-state index contributed by atoms with van der Waals surface area (Å²) >= 11 is 7.46. The Morgan fingerprint density at radius 1 is 1.09 bits per heavy atom. The summed E-state index contributed by atoms with van der Waals surface area (Å²) in [5.41, 5.74) is 6.58. The number of anilines is 2. The molecule has 0 radical (unpaired) electrons. The average molecular weight is 493 g/mol. The second-order valence-electron chi connectivity index (χ2n) is 7.50. The molecule has 2 heterocycles. The Bertz CT molecular complexity index is 1470. The molecule has 0 saturated carbocycles. The van der Waals surface area contributed by atoms with Crippen LogP contribution in [0.1, 0.15) is 10.4 Å². The van der Waals surface area contributed by atoms with Crippen molar-refractivity contribution in [1.29, 1.82) is 0 Å². The van der Waals surface area contributed by atoms with Crippen LogP contribution < -0.4 is 21.9 Å². The molecule has 0 unspecified atom stereocenters. The smallest absolute Gasteiger partial charge is 0.330 e. The molecule has 0 aliphatic carbocycles. The standard InChI is InChI=1S/C25H21ClN4O3S/c1-29(21(31)14-12-19-11-13-20(34-19)17-7-9-18(26)10-8-17)22-23(27)30(25(33)28-24(22)32)15-16-5-3-2-4-6-16/h2-14H,15,27H2,1H3,(H,28,32,33). The van der Waals surface area contributed by atoms with E-state index in [4.69, 9.17) is 17.3 Å². The highest BCUT2D eigenvalue weighted by atomic mass is 35.5. The molecule has 3 N–H and O–H groups in total. The van der Waals surface area contributed by atoms with Gasteiger partial charge in [-0.3, -0.25) is 19.1 Å². The Hall–Kier alpha value is -3.88. The number of nitrogens with two attached hydrogens (primary N) is 1. The van der Waals surface area contributed by atoms with E-state index in [0.29, 0.717) is 5.02 Å². The van der Waals surface area contributed by atoms with Crippen molar-refractivity contribution >= 4 is 46.4 Å². The lowest BCUT2D eigenvalue weighted by Gasteiger charge is -2.19. The maximum Gasteiger partial charge on any atom is 0.330 e. The van der Waals surface area contributed by atoms with Gasteiger partial charge in [0.2, 0.25) is 0 Å². The maximum absolute atomic E-state index is 12.8. The Balaban J connectivity index is 1.56. The fourth-order valence-corrected chi connectivity index (χ4v) is 4.45. The van der Waals surface area contributed by atoms with Crippen molar-refractivity contribution in [1.82, 2.24) is 9.55 Å². The Labute approximate surface area is 204 Å². The third-order valence-electron chi connectivity index (χ3n) is 5.21. The van der Waals surface area contributed by atoms with Gasteiger partial charge in [0.25, 0.3) is 11.5 Å². The van der Waals surface area contributed by atoms with E-state index < -0.39 is 17.2 Å². The number of benzene rings is 2. The second kappa shape index (κ2) is 9.94. The molecule has 0 saturated heterocycles. The van der Waals surface area contributed by atoms with Gasteiger partial charge in [0.15, 0.2) is 5.69 Å². The lowest BCUT2D eigenvalue weighted by atomic mass is 10.2. The number of thiophene rings is 1. The third-order valence-corrected chi connectivity index (χ3v) is 6.56. The summed E-state index contributed by atoms with van der Waals surface area (Å²) in [6.07, 6.45) is 3.04. The molecule has 0 spiro atoms. The summed E-state index contributed by atoms with van der Waals surface area (Å²) in [6, 6.07) is 20.6. The number of hydrogen-bond acceptors (Lipinski definition) is 5. The van der Waals surface area contributed by atoms with Crippen molar-refractivity contribution in [2.75, 3.05) is 17.7 Å². The van der Waals surface area contributed by atoms with E-state index in [2.05, 4.69) is 4.98 Å². The summed E-state index contributed by atoms with van der Waals surface area (Å²) in [4.78, 5) is 43.0. The Kier molecular flexibility index (Phi) is 6.81. The van der Waals surface area contributed by atoms with Crippen LogP contribution >= 0.6 is 22.9 Å². The van der Waals surface area contributed by atoms with Gasteiger partial charge in [-0.15, -0.1) is 11.3 Å². The molecule has 9 heteroatoms. The Morgan fingerprint density at radius 3 is 2.50 bits per heavy atom. The van der Waals surface area contributed by atoms with Crippen molar-refractivity contribution in [3.8, 4) is 10.4 Å². The normalized spacial score (nSPS) is 11.1. The highest BCUT2D eigenvalue weighted by Crippen LogP contribution is 2.29. The number of H-pyrrole nitrogens is 1. The predicted molar refractivity (Wildman–Crippen MR) is 138 cm³/mol. The van der Waals surface area contributed by atoms with Crippen LogP contribution in [0.4, 0.5) is 11.5 Å². The van der Waals surface area contributed by atoms with Crippen LogP contribution in [-0.4, -0.2) is 22.5 Å². The number of rotatable bonds is 6. The maximum atomic E-state index is 12.8. The number of aromatic amines is 1. The topological polar surface area (TPSA) is 101 Å². The number of likely N-dealkylation sites (N-methyl/N-ethyl adjacent to an activating group) is 1. The number of amides is 1. The number of aromatic nitrogens is 2. The molecule has 0 fully saturated rings. The molecular weight excluding hydrogens is 472 g/mol. The van der Waals surface area contributed by atoms with Gasteiger partial charge in [0, 0.05) is 27.9 Å². The summed E-state index contributed by atoms with van der Waals surface area (Å²) in [5.74, 6) is -0.536. The number of nitrogens with one attached hydrogen (secondary N) is 1. The number of nitrogen functional groups attached to an aromatic ring is 1. The lowest BCUT2D eigenvalue weighted by molar-refractivity contribution is -0.113. The minimum atomic E-state index is -0.725. The molecule has 0 bridgehead atoms. The zero-order chi connectivity index (χ0) is 24.2. The van der Waals surface area contributed by atoms with E-state index in [-0.39, 0.29) is 18.1 Å². The third kappa shape index (κ3) is 5.03. The fraction of sp³-hybridized carbons (Fsp3) is 0.0800. The number of carbonyl (C=O) groups is 1. The van der Waals surface area contributed by atoms with Crippen molar-refractivity contribution in [3.63, 3.8) is 0 Å². The van der Waals surface area contributed by atoms with Crippen molar-refractivity contribution in [3.05, 3.63) is 109 Å². The highest BCUT2D eigenvalue weighted by Gasteiger charge is 2.19. The number of halogens is 1. The zero-order valence-electron chi connectivity index (χ0n) is 18.2. The fourth-order valence-electron chi connectivity index (χ4n) is 3.41. The summed E-state index contributed by atoms with van der Waals surface area (Å²) < 4.78 is 1.23. The van der Waals surface area contributed by atoms with Crippen molar-refractivity contribution < 1.29 is 4.79 Å². The first-order chi connectivity index (χ1) is 16.3. The van der Waals surface area contributed by atoms with Gasteiger partial charge in [-0.25, -0.2) is 4.79 Å². The molecule has 1 amide bonds. The molecule has 7 nitrogen and oxygen atoms in total. The van der Waals surface area contributed by atoms with Crippen LogP contribution in [0.15, 0.2) is 82.4 Å². The van der Waals surface area contributed by atoms with E-state index in [1.807, 2.05) is 66.7 Å². The van der Waals surface area contributed by atoms with Crippen LogP contribution in [0.2, 0.25) is 5.02 Å². The molecule has 0 aliphatic heterocycles. The summed E-state index contributed by atoms with van der Waals surface area (Å²) in [6.45, 7) is 0.163. The SMILES string of the molecule is CN(C(=O)C=Cc1ccc(-c2ccc(Cl)cc2)s1)c1c(N)n(Cc2ccccc2)c(=O)[nH]c1=O. The molecule has 34 heavy (non-hydrogen) atoms. The molecule has 2 aromatic heterocycles. The van der Waals surface area contributed by atoms with E-state index >= 15 is 0 Å². The molecule has 0 aliphatic rings. The van der Waals surface area contributed by atoms with Crippen molar-refractivity contribution in [2.24, 2.45) is 0 Å². The van der Waals surface area contributed by atoms with Gasteiger partial charge < -0.3 is 10.6 Å². The van der Waals surface area contributed by atoms with E-state index in [1.54, 1.807) is 6.08 Å². The van der Waals surface area contributed by atoms with Gasteiger partial charge in [-0.05, 0) is 41.5 Å². The molecule has 0 atom stereocenters. The zero-order valence-corrected chi connectivity index (χ0v) is 19.8. The predicted octanol–water partition coefficient (Wildman–Crippen LogP) is 4.23. The van der Waals surface area contributed by atoms with Gasteiger partial charge in [0.05, 0.1) is 6.54 Å². The largest absolute Gasteiger partial charge is 0.383 e. The van der Waals surface area contributed by atoms with Crippen molar-refractivity contribution in [2.45, 2.75) is 6.54 Å². The minimum absolute atomic E-state index is 0.0806. The van der Waals surface area contributed by atoms with Gasteiger partial charge in [-0.1, -0.05) is 54.1 Å². The van der Waals surface area contributed by atoms with Crippen LogP contribution in [0.3, 0.4) is 0 Å². The van der Waals surface area contributed by atoms with E-state index in [0.717, 1.165) is 25.8 Å². The number of carbonyl (C=O) groups excluding carboxylic acids is 1. The van der Waals surface area contributed by atoms with Crippen LogP contribution in [0, 0.1) is 0 Å². The molecule has 4 rings (SSSR count). The van der Waals surface area contributed by atoms with E-state index in [1.165, 1.54) is 29.0 Å².